The van der Waals surface area contributed by atoms with Crippen LogP contribution in [0.5, 0.6) is 0 Å². The molecule has 20 heavy (non-hydrogen) atoms. The molecule has 1 fully saturated rings. The molecule has 3 nitrogen and oxygen atoms in total. The summed E-state index contributed by atoms with van der Waals surface area (Å²) in [4.78, 5) is 5.03. The fourth-order valence-electron chi connectivity index (χ4n) is 2.91. The van der Waals surface area contributed by atoms with Gasteiger partial charge in [0, 0.05) is 43.4 Å². The number of nitrogens with two attached hydrogens (primary N) is 1. The van der Waals surface area contributed by atoms with Gasteiger partial charge in [0.25, 0.3) is 0 Å². The van der Waals surface area contributed by atoms with Crippen LogP contribution >= 0.6 is 11.6 Å². The number of rotatable bonds is 5. The zero-order valence-corrected chi connectivity index (χ0v) is 13.4. The smallest absolute Gasteiger partial charge is 0.0410 e. The highest BCUT2D eigenvalue weighted by molar-refractivity contribution is 6.30. The molecule has 0 amide bonds. The van der Waals surface area contributed by atoms with Crippen molar-refractivity contribution < 1.29 is 0 Å². The van der Waals surface area contributed by atoms with Gasteiger partial charge in [-0.3, -0.25) is 4.90 Å². The molecule has 0 spiro atoms. The van der Waals surface area contributed by atoms with Gasteiger partial charge in [-0.2, -0.15) is 0 Å². The Bertz CT molecular complexity index is 426. The van der Waals surface area contributed by atoms with Crippen molar-refractivity contribution in [3.63, 3.8) is 0 Å². The number of benzene rings is 1. The van der Waals surface area contributed by atoms with Crippen LogP contribution in [-0.4, -0.2) is 44.2 Å². The van der Waals surface area contributed by atoms with E-state index in [1.807, 2.05) is 6.07 Å². The van der Waals surface area contributed by atoms with Gasteiger partial charge in [-0.25, -0.2) is 0 Å². The zero-order chi connectivity index (χ0) is 14.5. The Labute approximate surface area is 127 Å². The summed E-state index contributed by atoms with van der Waals surface area (Å²) in [6, 6.07) is 6.19. The van der Waals surface area contributed by atoms with Crippen molar-refractivity contribution in [2.75, 3.05) is 44.2 Å². The van der Waals surface area contributed by atoms with Gasteiger partial charge in [0.15, 0.2) is 0 Å². The van der Waals surface area contributed by atoms with E-state index in [4.69, 9.17) is 17.3 Å². The van der Waals surface area contributed by atoms with Gasteiger partial charge in [-0.1, -0.05) is 25.4 Å². The van der Waals surface area contributed by atoms with E-state index in [9.17, 15) is 0 Å². The molecule has 0 unspecified atom stereocenters. The van der Waals surface area contributed by atoms with E-state index in [0.29, 0.717) is 6.54 Å². The van der Waals surface area contributed by atoms with Crippen LogP contribution in [0.1, 0.15) is 19.4 Å². The molecule has 1 aromatic rings. The van der Waals surface area contributed by atoms with E-state index < -0.39 is 0 Å². The normalized spacial score (nSPS) is 16.9. The van der Waals surface area contributed by atoms with Crippen LogP contribution in [0.2, 0.25) is 5.02 Å². The first kappa shape index (κ1) is 15.6. The topological polar surface area (TPSA) is 32.5 Å². The third-order valence-corrected chi connectivity index (χ3v) is 4.03. The highest BCUT2D eigenvalue weighted by Gasteiger charge is 2.19. The quantitative estimate of drug-likeness (QED) is 0.906. The number of halogens is 1. The Morgan fingerprint density at radius 1 is 1.20 bits per heavy atom. The summed E-state index contributed by atoms with van der Waals surface area (Å²) >= 11 is 6.10. The van der Waals surface area contributed by atoms with E-state index in [-0.39, 0.29) is 0 Å². The predicted molar refractivity (Wildman–Crippen MR) is 87.7 cm³/mol. The SMILES string of the molecule is CC(C)CN1CCN(c2ccc(Cl)cc2CCN)CC1. The van der Waals surface area contributed by atoms with Gasteiger partial charge in [0.05, 0.1) is 0 Å². The van der Waals surface area contributed by atoms with Crippen molar-refractivity contribution in [2.24, 2.45) is 11.7 Å². The highest BCUT2D eigenvalue weighted by Crippen LogP contribution is 2.26. The molecule has 0 bridgehead atoms. The number of nitrogens with zero attached hydrogens (tertiary/aromatic N) is 2. The Balaban J connectivity index is 2.03. The van der Waals surface area contributed by atoms with Crippen LogP contribution in [-0.2, 0) is 6.42 Å². The third kappa shape index (κ3) is 4.11. The number of hydrogen-bond donors (Lipinski definition) is 1. The van der Waals surface area contributed by atoms with Crippen molar-refractivity contribution in [3.8, 4) is 0 Å². The molecule has 1 aliphatic rings. The average molecular weight is 296 g/mol. The summed E-state index contributed by atoms with van der Waals surface area (Å²) in [5.74, 6) is 0.741. The lowest BCUT2D eigenvalue weighted by Crippen LogP contribution is -2.47. The second-order valence-corrected chi connectivity index (χ2v) is 6.43. The first-order valence-electron chi connectivity index (χ1n) is 7.56. The standard InChI is InChI=1S/C16H26ClN3/c1-13(2)12-19-7-9-20(10-8-19)16-4-3-15(17)11-14(16)5-6-18/h3-4,11,13H,5-10,12,18H2,1-2H3. The van der Waals surface area contributed by atoms with E-state index in [1.54, 1.807) is 0 Å². The molecule has 2 rings (SSSR count). The van der Waals surface area contributed by atoms with Crippen molar-refractivity contribution in [1.82, 2.24) is 4.90 Å². The summed E-state index contributed by atoms with van der Waals surface area (Å²) in [6.45, 7) is 10.9. The first-order valence-corrected chi connectivity index (χ1v) is 7.93. The fourth-order valence-corrected chi connectivity index (χ4v) is 3.10. The lowest BCUT2D eigenvalue weighted by molar-refractivity contribution is 0.231. The molecule has 0 saturated carbocycles. The predicted octanol–water partition coefficient (Wildman–Crippen LogP) is 2.62. The molecular formula is C16H26ClN3. The molecule has 0 aromatic heterocycles. The van der Waals surface area contributed by atoms with E-state index in [1.165, 1.54) is 17.8 Å². The monoisotopic (exact) mass is 295 g/mol. The number of piperazine rings is 1. The summed E-state index contributed by atoms with van der Waals surface area (Å²) in [5.41, 5.74) is 8.30. The van der Waals surface area contributed by atoms with E-state index in [0.717, 1.165) is 43.5 Å². The summed E-state index contributed by atoms with van der Waals surface area (Å²) in [6.07, 6.45) is 0.891. The van der Waals surface area contributed by atoms with E-state index >= 15 is 0 Å². The minimum absolute atomic E-state index is 0.667. The molecule has 0 radical (unpaired) electrons. The van der Waals surface area contributed by atoms with Crippen LogP contribution in [0.4, 0.5) is 5.69 Å². The molecule has 1 heterocycles. The Kier molecular flexibility index (Phi) is 5.70. The van der Waals surface area contributed by atoms with Crippen molar-refractivity contribution in [1.29, 1.82) is 0 Å². The maximum Gasteiger partial charge on any atom is 0.0410 e. The molecule has 4 heteroatoms. The molecule has 1 aliphatic heterocycles. The lowest BCUT2D eigenvalue weighted by Gasteiger charge is -2.37. The number of hydrogen-bond acceptors (Lipinski definition) is 3. The lowest BCUT2D eigenvalue weighted by atomic mass is 10.1. The van der Waals surface area contributed by atoms with Crippen LogP contribution < -0.4 is 10.6 Å². The molecule has 1 saturated heterocycles. The van der Waals surface area contributed by atoms with Crippen LogP contribution in [0, 0.1) is 5.92 Å². The minimum atomic E-state index is 0.667. The Morgan fingerprint density at radius 2 is 1.90 bits per heavy atom. The molecule has 2 N–H and O–H groups in total. The second-order valence-electron chi connectivity index (χ2n) is 5.99. The molecule has 1 aromatic carbocycles. The number of anilines is 1. The second kappa shape index (κ2) is 7.30. The van der Waals surface area contributed by atoms with Gasteiger partial charge < -0.3 is 10.6 Å². The van der Waals surface area contributed by atoms with Gasteiger partial charge in [0.1, 0.15) is 0 Å². The molecule has 112 valence electrons. The summed E-state index contributed by atoms with van der Waals surface area (Å²) < 4.78 is 0. The van der Waals surface area contributed by atoms with E-state index in [2.05, 4.69) is 35.8 Å². The third-order valence-electron chi connectivity index (χ3n) is 3.79. The average Bonchev–Trinajstić information content (AvgIpc) is 2.40. The minimum Gasteiger partial charge on any atom is -0.369 e. The molecule has 0 aliphatic carbocycles. The zero-order valence-electron chi connectivity index (χ0n) is 12.6. The van der Waals surface area contributed by atoms with Gasteiger partial charge >= 0.3 is 0 Å². The maximum absolute atomic E-state index is 6.10. The Hall–Kier alpha value is -0.770. The summed E-state index contributed by atoms with van der Waals surface area (Å²) in [7, 11) is 0. The van der Waals surface area contributed by atoms with Crippen LogP contribution in [0.3, 0.4) is 0 Å². The fraction of sp³-hybridized carbons (Fsp3) is 0.625. The molecule has 0 atom stereocenters. The highest BCUT2D eigenvalue weighted by atomic mass is 35.5. The molecular weight excluding hydrogens is 270 g/mol. The van der Waals surface area contributed by atoms with Gasteiger partial charge in [-0.05, 0) is 42.6 Å². The van der Waals surface area contributed by atoms with Gasteiger partial charge in [-0.15, -0.1) is 0 Å². The summed E-state index contributed by atoms with van der Waals surface area (Å²) in [5, 5.41) is 0.802. The van der Waals surface area contributed by atoms with Crippen molar-refractivity contribution in [2.45, 2.75) is 20.3 Å². The largest absolute Gasteiger partial charge is 0.369 e. The Morgan fingerprint density at radius 3 is 2.50 bits per heavy atom. The van der Waals surface area contributed by atoms with Crippen molar-refractivity contribution in [3.05, 3.63) is 28.8 Å². The first-order chi connectivity index (χ1) is 9.60. The van der Waals surface area contributed by atoms with Crippen LogP contribution in [0.25, 0.3) is 0 Å². The maximum atomic E-state index is 6.10. The van der Waals surface area contributed by atoms with Crippen LogP contribution in [0.15, 0.2) is 18.2 Å². The van der Waals surface area contributed by atoms with Crippen molar-refractivity contribution >= 4 is 17.3 Å². The van der Waals surface area contributed by atoms with Gasteiger partial charge in [0.2, 0.25) is 0 Å².